The highest BCUT2D eigenvalue weighted by atomic mass is 32.1. The average Bonchev–Trinajstić information content (AvgIpc) is 3.07. The third-order valence-electron chi connectivity index (χ3n) is 2.85. The molecule has 2 N–H and O–H groups in total. The fraction of sp³-hybridized carbons (Fsp3) is 0.778. The first-order valence-corrected chi connectivity index (χ1v) is 5.85. The lowest BCUT2D eigenvalue weighted by Crippen LogP contribution is -2.05. The molecule has 76 valence electrons. The van der Waals surface area contributed by atoms with Crippen LogP contribution in [0.3, 0.4) is 0 Å². The van der Waals surface area contributed by atoms with Crippen molar-refractivity contribution in [1.29, 1.82) is 0 Å². The summed E-state index contributed by atoms with van der Waals surface area (Å²) in [5.41, 5.74) is 0. The molecule has 2 aliphatic rings. The lowest BCUT2D eigenvalue weighted by Gasteiger charge is -1.97. The van der Waals surface area contributed by atoms with Gasteiger partial charge in [0.1, 0.15) is 5.82 Å². The van der Waals surface area contributed by atoms with Crippen LogP contribution in [0.2, 0.25) is 0 Å². The van der Waals surface area contributed by atoms with Crippen molar-refractivity contribution in [3.8, 4) is 0 Å². The summed E-state index contributed by atoms with van der Waals surface area (Å²) < 4.78 is 4.32. The lowest BCUT2D eigenvalue weighted by molar-refractivity contribution is 0.275. The molecule has 2 aliphatic carbocycles. The van der Waals surface area contributed by atoms with Gasteiger partial charge < -0.3 is 10.4 Å². The van der Waals surface area contributed by atoms with Gasteiger partial charge in [-0.15, -0.1) is 0 Å². The first kappa shape index (κ1) is 8.61. The topological polar surface area (TPSA) is 58.0 Å². The molecule has 2 fully saturated rings. The maximum absolute atomic E-state index is 8.89. The Morgan fingerprint density at radius 1 is 1.50 bits per heavy atom. The van der Waals surface area contributed by atoms with E-state index in [2.05, 4.69) is 14.7 Å². The summed E-state index contributed by atoms with van der Waals surface area (Å²) in [4.78, 5) is 4.44. The van der Waals surface area contributed by atoms with Gasteiger partial charge in [-0.1, -0.05) is 0 Å². The SMILES string of the molecule is OC[C@@H]1C[C@H]1Nc1nc(C2CC2)ns1. The summed E-state index contributed by atoms with van der Waals surface area (Å²) in [5.74, 6) is 2.08. The number of aromatic nitrogens is 2. The third-order valence-corrected chi connectivity index (χ3v) is 3.51. The summed E-state index contributed by atoms with van der Waals surface area (Å²) in [6.45, 7) is 0.284. The molecule has 0 radical (unpaired) electrons. The first-order chi connectivity index (χ1) is 6.86. The van der Waals surface area contributed by atoms with E-state index in [4.69, 9.17) is 5.11 Å². The number of anilines is 1. The Kier molecular flexibility index (Phi) is 1.95. The van der Waals surface area contributed by atoms with Crippen molar-refractivity contribution in [1.82, 2.24) is 9.36 Å². The smallest absolute Gasteiger partial charge is 0.202 e. The van der Waals surface area contributed by atoms with E-state index in [9.17, 15) is 0 Å². The van der Waals surface area contributed by atoms with Gasteiger partial charge in [0.2, 0.25) is 5.13 Å². The Morgan fingerprint density at radius 2 is 2.36 bits per heavy atom. The molecule has 3 rings (SSSR count). The number of nitrogens with one attached hydrogen (secondary N) is 1. The van der Waals surface area contributed by atoms with E-state index in [1.165, 1.54) is 24.4 Å². The number of hydrogen-bond acceptors (Lipinski definition) is 5. The van der Waals surface area contributed by atoms with Crippen molar-refractivity contribution >= 4 is 16.7 Å². The van der Waals surface area contributed by atoms with Gasteiger partial charge in [0.05, 0.1) is 0 Å². The van der Waals surface area contributed by atoms with Gasteiger partial charge in [-0.2, -0.15) is 4.37 Å². The van der Waals surface area contributed by atoms with Crippen molar-refractivity contribution in [3.63, 3.8) is 0 Å². The predicted molar refractivity (Wildman–Crippen MR) is 54.5 cm³/mol. The average molecular weight is 211 g/mol. The van der Waals surface area contributed by atoms with Gasteiger partial charge in [0.15, 0.2) is 0 Å². The third kappa shape index (κ3) is 1.62. The predicted octanol–water partition coefficient (Wildman–Crippen LogP) is 1.21. The summed E-state index contributed by atoms with van der Waals surface area (Å²) in [6, 6.07) is 0.431. The monoisotopic (exact) mass is 211 g/mol. The van der Waals surface area contributed by atoms with Gasteiger partial charge >= 0.3 is 0 Å². The van der Waals surface area contributed by atoms with Crippen molar-refractivity contribution in [2.45, 2.75) is 31.2 Å². The molecule has 1 heterocycles. The molecule has 1 aromatic rings. The van der Waals surface area contributed by atoms with Gasteiger partial charge in [-0.05, 0) is 19.3 Å². The van der Waals surface area contributed by atoms with Crippen LogP contribution in [0, 0.1) is 5.92 Å². The van der Waals surface area contributed by atoms with E-state index >= 15 is 0 Å². The molecule has 0 saturated heterocycles. The minimum atomic E-state index is 0.284. The summed E-state index contributed by atoms with van der Waals surface area (Å²) >= 11 is 1.44. The van der Waals surface area contributed by atoms with Crippen LogP contribution < -0.4 is 5.32 Å². The molecule has 0 spiro atoms. The molecule has 14 heavy (non-hydrogen) atoms. The maximum atomic E-state index is 8.89. The Morgan fingerprint density at radius 3 is 3.00 bits per heavy atom. The fourth-order valence-corrected chi connectivity index (χ4v) is 2.29. The highest BCUT2D eigenvalue weighted by molar-refractivity contribution is 7.09. The minimum absolute atomic E-state index is 0.284. The minimum Gasteiger partial charge on any atom is -0.396 e. The maximum Gasteiger partial charge on any atom is 0.202 e. The van der Waals surface area contributed by atoms with E-state index in [-0.39, 0.29) is 6.61 Å². The molecule has 4 nitrogen and oxygen atoms in total. The molecule has 0 aliphatic heterocycles. The quantitative estimate of drug-likeness (QED) is 0.786. The lowest BCUT2D eigenvalue weighted by atomic mass is 10.4. The molecular weight excluding hydrogens is 198 g/mol. The molecule has 2 atom stereocenters. The zero-order valence-corrected chi connectivity index (χ0v) is 8.63. The number of aliphatic hydroxyl groups excluding tert-OH is 1. The number of nitrogens with zero attached hydrogens (tertiary/aromatic N) is 2. The molecule has 5 heteroatoms. The molecule has 0 unspecified atom stereocenters. The highest BCUT2D eigenvalue weighted by Crippen LogP contribution is 2.40. The van der Waals surface area contributed by atoms with Crippen LogP contribution in [-0.2, 0) is 0 Å². The van der Waals surface area contributed by atoms with Crippen LogP contribution in [0.5, 0.6) is 0 Å². The van der Waals surface area contributed by atoms with Gasteiger partial charge in [0.25, 0.3) is 0 Å². The molecule has 2 saturated carbocycles. The zero-order valence-electron chi connectivity index (χ0n) is 7.81. The van der Waals surface area contributed by atoms with E-state index in [0.29, 0.717) is 17.9 Å². The largest absolute Gasteiger partial charge is 0.396 e. The van der Waals surface area contributed by atoms with Crippen LogP contribution in [-0.4, -0.2) is 27.1 Å². The Bertz CT molecular complexity index is 337. The molecule has 0 aromatic carbocycles. The van der Waals surface area contributed by atoms with Crippen LogP contribution in [0.15, 0.2) is 0 Å². The first-order valence-electron chi connectivity index (χ1n) is 5.08. The van der Waals surface area contributed by atoms with Crippen molar-refractivity contribution < 1.29 is 5.11 Å². The Balaban J connectivity index is 1.60. The van der Waals surface area contributed by atoms with Crippen LogP contribution >= 0.6 is 11.5 Å². The van der Waals surface area contributed by atoms with Crippen molar-refractivity contribution in [2.75, 3.05) is 11.9 Å². The van der Waals surface area contributed by atoms with E-state index in [1.54, 1.807) is 0 Å². The second-order valence-corrected chi connectivity index (χ2v) is 4.91. The van der Waals surface area contributed by atoms with Crippen molar-refractivity contribution in [3.05, 3.63) is 5.82 Å². The van der Waals surface area contributed by atoms with Gasteiger partial charge in [-0.3, -0.25) is 0 Å². The summed E-state index contributed by atoms with van der Waals surface area (Å²) in [7, 11) is 0. The summed E-state index contributed by atoms with van der Waals surface area (Å²) in [5, 5.41) is 13.1. The highest BCUT2D eigenvalue weighted by Gasteiger charge is 2.37. The van der Waals surface area contributed by atoms with Gasteiger partial charge in [-0.25, -0.2) is 4.98 Å². The second kappa shape index (κ2) is 3.17. The van der Waals surface area contributed by atoms with Crippen LogP contribution in [0.1, 0.15) is 31.0 Å². The zero-order chi connectivity index (χ0) is 9.54. The fourth-order valence-electron chi connectivity index (χ4n) is 1.59. The molecular formula is C9H13N3OS. The molecule has 1 aromatic heterocycles. The standard InChI is InChI=1S/C9H13N3OS/c13-4-6-3-7(6)10-9-11-8(12-14-9)5-1-2-5/h5-7,13H,1-4H2,(H,10,11,12)/t6-,7+/m0/s1. The number of aliphatic hydroxyl groups is 1. The molecule has 0 bridgehead atoms. The Hall–Kier alpha value is -0.680. The van der Waals surface area contributed by atoms with E-state index in [0.717, 1.165) is 17.4 Å². The van der Waals surface area contributed by atoms with E-state index in [1.807, 2.05) is 0 Å². The van der Waals surface area contributed by atoms with Gasteiger partial charge in [0, 0.05) is 36.0 Å². The number of rotatable bonds is 4. The second-order valence-electron chi connectivity index (χ2n) is 4.16. The van der Waals surface area contributed by atoms with Crippen LogP contribution in [0.25, 0.3) is 0 Å². The summed E-state index contributed by atoms with van der Waals surface area (Å²) in [6.07, 6.45) is 3.56. The van der Waals surface area contributed by atoms with Crippen LogP contribution in [0.4, 0.5) is 5.13 Å². The normalized spacial score (nSPS) is 30.4. The number of hydrogen-bond donors (Lipinski definition) is 2. The Labute approximate surface area is 86.5 Å². The van der Waals surface area contributed by atoms with Crippen molar-refractivity contribution in [2.24, 2.45) is 5.92 Å². The van der Waals surface area contributed by atoms with E-state index < -0.39 is 0 Å². The molecule has 0 amide bonds.